The summed E-state index contributed by atoms with van der Waals surface area (Å²) in [6, 6.07) is 13.5. The molecule has 0 unspecified atom stereocenters. The molecule has 1 aliphatic heterocycles. The van der Waals surface area contributed by atoms with Gasteiger partial charge in [0.2, 0.25) is 0 Å². The van der Waals surface area contributed by atoms with E-state index in [4.69, 9.17) is 9.57 Å². The van der Waals surface area contributed by atoms with Crippen LogP contribution in [0.2, 0.25) is 0 Å². The average Bonchev–Trinajstić information content (AvgIpc) is 3.07. The standard InChI is InChI=1S/C22H12I3NO6/c23-11-9-16(24)20(17(25)10-11)31-21(29)14-5-6-15(13-4-2-1-3-12(13)14)22(30)32-26-18(27)7-8-19(26)28/h1-6,9-10H,7-8H2. The van der Waals surface area contributed by atoms with Gasteiger partial charge >= 0.3 is 11.9 Å². The normalized spacial score (nSPS) is 13.5. The third kappa shape index (κ3) is 4.62. The van der Waals surface area contributed by atoms with Gasteiger partial charge in [0.25, 0.3) is 11.8 Å². The van der Waals surface area contributed by atoms with Crippen LogP contribution in [0.15, 0.2) is 48.5 Å². The monoisotopic (exact) mass is 767 g/mol. The number of amides is 2. The zero-order valence-corrected chi connectivity index (χ0v) is 22.5. The lowest BCUT2D eigenvalue weighted by molar-refractivity contribution is -0.172. The predicted octanol–water partition coefficient (Wildman–Crippen LogP) is 5.09. The van der Waals surface area contributed by atoms with Gasteiger partial charge < -0.3 is 9.57 Å². The molecule has 0 N–H and O–H groups in total. The number of imide groups is 1. The molecule has 0 atom stereocenters. The molecule has 0 radical (unpaired) electrons. The fourth-order valence-corrected chi connectivity index (χ4v) is 7.02. The Hall–Kier alpha value is -1.81. The van der Waals surface area contributed by atoms with Crippen molar-refractivity contribution >= 4 is 102 Å². The number of carbonyl (C=O) groups excluding carboxylic acids is 4. The van der Waals surface area contributed by atoms with E-state index in [0.29, 0.717) is 21.6 Å². The Labute approximate surface area is 223 Å². The van der Waals surface area contributed by atoms with E-state index < -0.39 is 23.8 Å². The molecule has 1 aliphatic rings. The van der Waals surface area contributed by atoms with Crippen molar-refractivity contribution in [2.75, 3.05) is 0 Å². The first kappa shape index (κ1) is 23.4. The zero-order valence-electron chi connectivity index (χ0n) is 16.1. The molecule has 0 aromatic heterocycles. The summed E-state index contributed by atoms with van der Waals surface area (Å²) in [6.45, 7) is 0. The maximum atomic E-state index is 13.0. The average molecular weight is 767 g/mol. The summed E-state index contributed by atoms with van der Waals surface area (Å²) >= 11 is 6.43. The topological polar surface area (TPSA) is 90.0 Å². The number of hydrogen-bond donors (Lipinski definition) is 0. The van der Waals surface area contributed by atoms with E-state index in [9.17, 15) is 19.2 Å². The predicted molar refractivity (Wildman–Crippen MR) is 140 cm³/mol. The van der Waals surface area contributed by atoms with E-state index in [-0.39, 0.29) is 24.0 Å². The molecule has 162 valence electrons. The highest BCUT2D eigenvalue weighted by Gasteiger charge is 2.33. The number of nitrogens with zero attached hydrogens (tertiary/aromatic N) is 1. The molecule has 4 rings (SSSR count). The second-order valence-corrected chi connectivity index (χ2v) is 10.3. The van der Waals surface area contributed by atoms with E-state index >= 15 is 0 Å². The number of carbonyl (C=O) groups is 4. The number of benzene rings is 3. The van der Waals surface area contributed by atoms with Crippen LogP contribution in [0, 0.1) is 10.7 Å². The molecule has 1 saturated heterocycles. The first-order valence-corrected chi connectivity index (χ1v) is 12.5. The summed E-state index contributed by atoms with van der Waals surface area (Å²) in [6.07, 6.45) is 0.0154. The lowest BCUT2D eigenvalue weighted by atomic mass is 9.99. The third-order valence-electron chi connectivity index (χ3n) is 4.70. The molecule has 0 aliphatic carbocycles. The Kier molecular flexibility index (Phi) is 7.00. The highest BCUT2D eigenvalue weighted by molar-refractivity contribution is 14.1. The third-order valence-corrected chi connectivity index (χ3v) is 6.93. The molecule has 3 aromatic rings. The van der Waals surface area contributed by atoms with Crippen LogP contribution in [0.25, 0.3) is 10.8 Å². The minimum atomic E-state index is -0.855. The Bertz CT molecular complexity index is 1270. The van der Waals surface area contributed by atoms with E-state index in [2.05, 4.69) is 67.8 Å². The van der Waals surface area contributed by atoms with Gasteiger partial charge in [-0.15, -0.1) is 5.06 Å². The Morgan fingerprint density at radius 3 is 1.81 bits per heavy atom. The summed E-state index contributed by atoms with van der Waals surface area (Å²) in [5.41, 5.74) is 0.402. The van der Waals surface area contributed by atoms with Crippen molar-refractivity contribution in [2.45, 2.75) is 12.8 Å². The molecule has 3 aromatic carbocycles. The van der Waals surface area contributed by atoms with Crippen LogP contribution in [0.4, 0.5) is 0 Å². The van der Waals surface area contributed by atoms with Crippen molar-refractivity contribution in [3.63, 3.8) is 0 Å². The molecule has 2 amide bonds. The van der Waals surface area contributed by atoms with Crippen LogP contribution in [0.5, 0.6) is 5.75 Å². The summed E-state index contributed by atoms with van der Waals surface area (Å²) in [7, 11) is 0. The molecule has 10 heteroatoms. The van der Waals surface area contributed by atoms with Gasteiger partial charge in [-0.25, -0.2) is 9.59 Å². The molecular formula is C22H12I3NO6. The van der Waals surface area contributed by atoms with Crippen molar-refractivity contribution in [2.24, 2.45) is 0 Å². The van der Waals surface area contributed by atoms with Crippen LogP contribution in [0.1, 0.15) is 33.6 Å². The highest BCUT2D eigenvalue weighted by atomic mass is 127. The number of esters is 1. The van der Waals surface area contributed by atoms with Crippen molar-refractivity contribution < 1.29 is 28.8 Å². The molecular weight excluding hydrogens is 755 g/mol. The Balaban J connectivity index is 1.68. The SMILES string of the molecule is O=C(Oc1c(I)cc(I)cc1I)c1ccc(C(=O)ON2C(=O)CCC2=O)c2ccccc12. The fourth-order valence-electron chi connectivity index (χ4n) is 3.22. The van der Waals surface area contributed by atoms with Crippen molar-refractivity contribution in [1.82, 2.24) is 5.06 Å². The van der Waals surface area contributed by atoms with Crippen LogP contribution < -0.4 is 4.74 Å². The van der Waals surface area contributed by atoms with Crippen molar-refractivity contribution in [3.8, 4) is 5.75 Å². The van der Waals surface area contributed by atoms with Gasteiger partial charge in [0.1, 0.15) is 0 Å². The van der Waals surface area contributed by atoms with E-state index in [1.165, 1.54) is 12.1 Å². The van der Waals surface area contributed by atoms with Crippen LogP contribution in [-0.2, 0) is 14.4 Å². The quantitative estimate of drug-likeness (QED) is 0.159. The first-order chi connectivity index (χ1) is 15.3. The smallest absolute Gasteiger partial charge is 0.364 e. The summed E-state index contributed by atoms with van der Waals surface area (Å²) in [5.74, 6) is -2.08. The maximum absolute atomic E-state index is 13.0. The molecule has 1 heterocycles. The van der Waals surface area contributed by atoms with Gasteiger partial charge in [0, 0.05) is 16.4 Å². The van der Waals surface area contributed by atoms with Gasteiger partial charge in [-0.3, -0.25) is 9.59 Å². The van der Waals surface area contributed by atoms with Gasteiger partial charge in [-0.2, -0.15) is 0 Å². The molecule has 7 nitrogen and oxygen atoms in total. The number of rotatable bonds is 4. The molecule has 0 saturated carbocycles. The zero-order chi connectivity index (χ0) is 23.0. The molecule has 1 fully saturated rings. The highest BCUT2D eigenvalue weighted by Crippen LogP contribution is 2.31. The van der Waals surface area contributed by atoms with Crippen molar-refractivity contribution in [3.05, 3.63) is 70.4 Å². The Morgan fingerprint density at radius 2 is 1.28 bits per heavy atom. The number of ether oxygens (including phenoxy) is 1. The summed E-state index contributed by atoms with van der Waals surface area (Å²) < 4.78 is 8.32. The van der Waals surface area contributed by atoms with Gasteiger partial charge in [-0.1, -0.05) is 24.3 Å². The van der Waals surface area contributed by atoms with E-state index in [1.807, 2.05) is 12.1 Å². The van der Waals surface area contributed by atoms with Gasteiger partial charge in [-0.05, 0) is 103 Å². The van der Waals surface area contributed by atoms with E-state index in [1.54, 1.807) is 24.3 Å². The largest absolute Gasteiger partial charge is 0.421 e. The summed E-state index contributed by atoms with van der Waals surface area (Å²) in [4.78, 5) is 54.3. The van der Waals surface area contributed by atoms with E-state index in [0.717, 1.165) is 10.7 Å². The Morgan fingerprint density at radius 1 is 0.781 bits per heavy atom. The van der Waals surface area contributed by atoms with Gasteiger partial charge in [0.15, 0.2) is 5.75 Å². The molecule has 32 heavy (non-hydrogen) atoms. The maximum Gasteiger partial charge on any atom is 0.364 e. The summed E-state index contributed by atoms with van der Waals surface area (Å²) in [5, 5.41) is 1.43. The number of halogens is 3. The first-order valence-electron chi connectivity index (χ1n) is 9.23. The van der Waals surface area contributed by atoms with Crippen LogP contribution in [-0.4, -0.2) is 28.8 Å². The second kappa shape index (κ2) is 9.59. The number of hydroxylamine groups is 2. The second-order valence-electron chi connectivity index (χ2n) is 6.75. The molecule has 0 spiro atoms. The van der Waals surface area contributed by atoms with Gasteiger partial charge in [0.05, 0.1) is 18.3 Å². The fraction of sp³-hybridized carbons (Fsp3) is 0.0909. The minimum Gasteiger partial charge on any atom is -0.421 e. The van der Waals surface area contributed by atoms with Crippen molar-refractivity contribution in [1.29, 1.82) is 0 Å². The molecule has 0 bridgehead atoms. The lowest BCUT2D eigenvalue weighted by Gasteiger charge is -2.15. The number of hydrogen-bond acceptors (Lipinski definition) is 6. The lowest BCUT2D eigenvalue weighted by Crippen LogP contribution is -2.32. The minimum absolute atomic E-state index is 0.00772. The van der Waals surface area contributed by atoms with Crippen LogP contribution >= 0.6 is 67.8 Å². The number of fused-ring (bicyclic) bond motifs is 1. The van der Waals surface area contributed by atoms with Crippen LogP contribution in [0.3, 0.4) is 0 Å².